The van der Waals surface area contributed by atoms with E-state index >= 15 is 0 Å². The maximum atomic E-state index is 13.7. The smallest absolute Gasteiger partial charge is 0.326 e. The summed E-state index contributed by atoms with van der Waals surface area (Å²) in [7, 11) is 0. The molecule has 0 aliphatic carbocycles. The van der Waals surface area contributed by atoms with Crippen molar-refractivity contribution in [3.63, 3.8) is 0 Å². The zero-order valence-corrected chi connectivity index (χ0v) is 26.3. The summed E-state index contributed by atoms with van der Waals surface area (Å²) in [6.45, 7) is 9.75. The van der Waals surface area contributed by atoms with Crippen LogP contribution in [-0.2, 0) is 33.6 Å². The molecule has 0 aromatic carbocycles. The molecule has 0 bridgehead atoms. The summed E-state index contributed by atoms with van der Waals surface area (Å²) < 4.78 is 0. The van der Waals surface area contributed by atoms with Gasteiger partial charge in [-0.2, -0.15) is 0 Å². The summed E-state index contributed by atoms with van der Waals surface area (Å²) in [5.41, 5.74) is 10.8. The summed E-state index contributed by atoms with van der Waals surface area (Å²) >= 11 is 0. The van der Waals surface area contributed by atoms with E-state index in [1.807, 2.05) is 13.8 Å². The average Bonchev–Trinajstić information content (AvgIpc) is 3.42. The third-order valence-electron chi connectivity index (χ3n) is 7.21. The van der Waals surface area contributed by atoms with E-state index in [0.29, 0.717) is 12.8 Å². The van der Waals surface area contributed by atoms with E-state index in [9.17, 15) is 38.7 Å². The van der Waals surface area contributed by atoms with Crippen LogP contribution in [0, 0.1) is 17.8 Å². The molecule has 10 N–H and O–H groups in total. The second-order valence-corrected chi connectivity index (χ2v) is 12.2. The number of aliphatic hydroxyl groups is 1. The van der Waals surface area contributed by atoms with Crippen molar-refractivity contribution in [2.45, 2.75) is 103 Å². The van der Waals surface area contributed by atoms with Crippen LogP contribution in [0.25, 0.3) is 0 Å². The maximum absolute atomic E-state index is 13.7. The molecule has 0 saturated carbocycles. The number of carboxylic acid groups (broad SMARTS) is 1. The fourth-order valence-electron chi connectivity index (χ4n) is 4.76. The van der Waals surface area contributed by atoms with Crippen molar-refractivity contribution in [3.8, 4) is 0 Å². The van der Waals surface area contributed by atoms with Crippen molar-refractivity contribution in [1.29, 1.82) is 0 Å². The number of likely N-dealkylation sites (tertiary alicyclic amines) is 1. The molecule has 44 heavy (non-hydrogen) atoms. The summed E-state index contributed by atoms with van der Waals surface area (Å²) in [6, 6.07) is -7.22. The van der Waals surface area contributed by atoms with Gasteiger partial charge in [0, 0.05) is 6.54 Å². The number of nitrogens with one attached hydrogen (secondary N) is 4. The van der Waals surface area contributed by atoms with Crippen molar-refractivity contribution in [3.05, 3.63) is 0 Å². The Morgan fingerprint density at radius 2 is 1.39 bits per heavy atom. The van der Waals surface area contributed by atoms with Crippen LogP contribution in [0.4, 0.5) is 0 Å². The molecular formula is C28H49N7O9. The number of carbonyl (C=O) groups is 7. The first-order valence-electron chi connectivity index (χ1n) is 14.8. The second-order valence-electron chi connectivity index (χ2n) is 12.2. The SMILES string of the molecule is CC(C)C[C@H](NC(=O)[C@@H]1CCCN1C(=O)[C@@H](NC(=O)[C@H](CC(N)=O)NC(=O)[C@@H](NC(=O)[C@@H](N)CO)C(C)C)C(C)C)C(=O)O. The molecule has 1 rings (SSSR count). The molecule has 1 fully saturated rings. The zero-order valence-electron chi connectivity index (χ0n) is 26.3. The van der Waals surface area contributed by atoms with Crippen LogP contribution < -0.4 is 32.7 Å². The summed E-state index contributed by atoms with van der Waals surface area (Å²) in [4.78, 5) is 90.2. The Balaban J connectivity index is 3.14. The number of aliphatic carboxylic acids is 1. The van der Waals surface area contributed by atoms with Gasteiger partial charge in [0.2, 0.25) is 35.4 Å². The molecule has 16 heteroatoms. The highest BCUT2D eigenvalue weighted by Gasteiger charge is 2.41. The Labute approximate surface area is 257 Å². The van der Waals surface area contributed by atoms with Crippen LogP contribution in [0.15, 0.2) is 0 Å². The number of hydrogen-bond donors (Lipinski definition) is 8. The van der Waals surface area contributed by atoms with Gasteiger partial charge in [-0.1, -0.05) is 41.5 Å². The van der Waals surface area contributed by atoms with Crippen LogP contribution in [0.1, 0.15) is 67.2 Å². The highest BCUT2D eigenvalue weighted by atomic mass is 16.4. The Bertz CT molecular complexity index is 1070. The lowest BCUT2D eigenvalue weighted by molar-refractivity contribution is -0.145. The predicted octanol–water partition coefficient (Wildman–Crippen LogP) is -2.45. The molecule has 1 aliphatic rings. The lowest BCUT2D eigenvalue weighted by atomic mass is 10.00. The lowest BCUT2D eigenvalue weighted by Crippen LogP contribution is -2.61. The van der Waals surface area contributed by atoms with E-state index in [1.54, 1.807) is 27.7 Å². The first-order valence-corrected chi connectivity index (χ1v) is 14.8. The quantitative estimate of drug-likeness (QED) is 0.0844. The topological polar surface area (TPSA) is 263 Å². The van der Waals surface area contributed by atoms with Crippen LogP contribution in [-0.4, -0.2) is 106 Å². The molecular weight excluding hydrogens is 578 g/mol. The highest BCUT2D eigenvalue weighted by Crippen LogP contribution is 2.21. The van der Waals surface area contributed by atoms with Crippen LogP contribution in [0.2, 0.25) is 0 Å². The number of rotatable bonds is 17. The number of carbonyl (C=O) groups excluding carboxylic acids is 6. The minimum atomic E-state index is -1.51. The number of nitrogens with zero attached hydrogens (tertiary/aromatic N) is 1. The Morgan fingerprint density at radius 3 is 1.86 bits per heavy atom. The van der Waals surface area contributed by atoms with Gasteiger partial charge in [0.05, 0.1) is 13.0 Å². The van der Waals surface area contributed by atoms with Crippen molar-refractivity contribution in [2.24, 2.45) is 29.2 Å². The molecule has 0 spiro atoms. The minimum absolute atomic E-state index is 0.00251. The molecule has 6 amide bonds. The Kier molecular flexibility index (Phi) is 15.2. The molecule has 250 valence electrons. The number of aliphatic hydroxyl groups excluding tert-OH is 1. The third-order valence-corrected chi connectivity index (χ3v) is 7.21. The fraction of sp³-hybridized carbons (Fsp3) is 0.750. The van der Waals surface area contributed by atoms with Crippen LogP contribution in [0.3, 0.4) is 0 Å². The van der Waals surface area contributed by atoms with Gasteiger partial charge < -0.3 is 47.8 Å². The minimum Gasteiger partial charge on any atom is -0.480 e. The van der Waals surface area contributed by atoms with E-state index in [1.165, 1.54) is 4.90 Å². The molecule has 0 aromatic heterocycles. The second kappa shape index (κ2) is 17.5. The third kappa shape index (κ3) is 11.4. The van der Waals surface area contributed by atoms with E-state index < -0.39 is 103 Å². The number of primary amides is 1. The molecule has 16 nitrogen and oxygen atoms in total. The van der Waals surface area contributed by atoms with Crippen molar-refractivity contribution >= 4 is 41.4 Å². The van der Waals surface area contributed by atoms with Gasteiger partial charge in [0.25, 0.3) is 0 Å². The zero-order chi connectivity index (χ0) is 33.9. The molecule has 6 atom stereocenters. The standard InChI is InChI=1S/C28H49N7O9/c1-13(2)10-18(28(43)44)32-25(40)19-8-7-9-35(19)27(42)22(15(5)6)34-24(39)17(11-20(30)37)31-26(41)21(14(3)4)33-23(38)16(29)12-36/h13-19,21-22,36H,7-12,29H2,1-6H3,(H2,30,37)(H,31,41)(H,32,40)(H,33,38)(H,34,39)(H,43,44)/t16-,17-,18-,19-,21-,22-/m0/s1. The molecule has 1 heterocycles. The Morgan fingerprint density at radius 1 is 0.818 bits per heavy atom. The number of hydrogen-bond acceptors (Lipinski definition) is 9. The van der Waals surface area contributed by atoms with Gasteiger partial charge >= 0.3 is 5.97 Å². The summed E-state index contributed by atoms with van der Waals surface area (Å²) in [5, 5.41) is 28.6. The molecule has 0 unspecified atom stereocenters. The van der Waals surface area contributed by atoms with Gasteiger partial charge in [0.15, 0.2) is 0 Å². The number of carboxylic acids is 1. The summed E-state index contributed by atoms with van der Waals surface area (Å²) in [6.07, 6.45) is 0.363. The largest absolute Gasteiger partial charge is 0.480 e. The molecule has 0 radical (unpaired) electrons. The van der Waals surface area contributed by atoms with E-state index in [2.05, 4.69) is 21.3 Å². The average molecular weight is 628 g/mol. The predicted molar refractivity (Wildman–Crippen MR) is 158 cm³/mol. The van der Waals surface area contributed by atoms with Gasteiger partial charge in [-0.15, -0.1) is 0 Å². The highest BCUT2D eigenvalue weighted by molar-refractivity contribution is 5.98. The monoisotopic (exact) mass is 627 g/mol. The number of nitrogens with two attached hydrogens (primary N) is 2. The molecule has 0 aromatic rings. The van der Waals surface area contributed by atoms with Crippen LogP contribution in [0.5, 0.6) is 0 Å². The maximum Gasteiger partial charge on any atom is 0.326 e. The first kappa shape index (κ1) is 38.2. The number of amides is 6. The van der Waals surface area contributed by atoms with Gasteiger partial charge in [-0.05, 0) is 37.0 Å². The van der Waals surface area contributed by atoms with E-state index in [0.717, 1.165) is 0 Å². The lowest BCUT2D eigenvalue weighted by Gasteiger charge is -2.32. The van der Waals surface area contributed by atoms with Crippen LogP contribution >= 0.6 is 0 Å². The van der Waals surface area contributed by atoms with Crippen molar-refractivity contribution in [1.82, 2.24) is 26.2 Å². The summed E-state index contributed by atoms with van der Waals surface area (Å²) in [5.74, 6) is -6.79. The van der Waals surface area contributed by atoms with Gasteiger partial charge in [-0.3, -0.25) is 28.8 Å². The Hall–Kier alpha value is -3.79. The van der Waals surface area contributed by atoms with Crippen molar-refractivity contribution in [2.75, 3.05) is 13.2 Å². The van der Waals surface area contributed by atoms with E-state index in [-0.39, 0.29) is 18.9 Å². The molecule has 1 saturated heterocycles. The molecule has 1 aliphatic heterocycles. The van der Waals surface area contributed by atoms with Gasteiger partial charge in [0.1, 0.15) is 36.3 Å². The normalized spacial score (nSPS) is 18.2. The first-order chi connectivity index (χ1) is 20.4. The fourth-order valence-corrected chi connectivity index (χ4v) is 4.76. The van der Waals surface area contributed by atoms with Gasteiger partial charge in [-0.25, -0.2) is 4.79 Å². The van der Waals surface area contributed by atoms with E-state index in [4.69, 9.17) is 16.6 Å². The van der Waals surface area contributed by atoms with Crippen molar-refractivity contribution < 1.29 is 43.8 Å².